The van der Waals surface area contributed by atoms with Crippen LogP contribution in [0.5, 0.6) is 0 Å². The summed E-state index contributed by atoms with van der Waals surface area (Å²) in [6.07, 6.45) is 1.65. The highest BCUT2D eigenvalue weighted by Crippen LogP contribution is 2.43. The number of carbonyl (C=O) groups excluding carboxylic acids is 2. The number of hydrogen-bond acceptors (Lipinski definition) is 3. The van der Waals surface area contributed by atoms with Crippen LogP contribution < -0.4 is 5.32 Å². The normalized spacial score (nSPS) is 23.9. The second-order valence-electron chi connectivity index (χ2n) is 6.60. The molecule has 2 heterocycles. The van der Waals surface area contributed by atoms with Crippen molar-refractivity contribution in [1.29, 1.82) is 0 Å². The van der Waals surface area contributed by atoms with Gasteiger partial charge in [-0.2, -0.15) is 0 Å². The molecule has 122 valence electrons. The number of carbonyl (C=O) groups is 2. The van der Waals surface area contributed by atoms with Crippen molar-refractivity contribution in [2.45, 2.75) is 38.0 Å². The van der Waals surface area contributed by atoms with Gasteiger partial charge in [-0.1, -0.05) is 30.3 Å². The molecule has 3 nitrogen and oxygen atoms in total. The minimum Gasteiger partial charge on any atom is -0.329 e. The molecular weight excluding hydrogens is 318 g/mol. The van der Waals surface area contributed by atoms with Crippen LogP contribution in [0.1, 0.15) is 47.1 Å². The zero-order chi connectivity index (χ0) is 16.7. The van der Waals surface area contributed by atoms with Crippen LogP contribution in [0.15, 0.2) is 53.0 Å². The van der Waals surface area contributed by atoms with E-state index in [1.165, 1.54) is 4.88 Å². The molecule has 1 aromatic heterocycles. The van der Waals surface area contributed by atoms with Crippen molar-refractivity contribution in [3.8, 4) is 0 Å². The quantitative estimate of drug-likeness (QED) is 0.898. The first kappa shape index (κ1) is 15.3. The number of allylic oxidation sites excluding steroid dienone is 2. The third-order valence-corrected chi connectivity index (χ3v) is 6.08. The minimum atomic E-state index is -0.105. The number of rotatable bonds is 2. The largest absolute Gasteiger partial charge is 0.329 e. The van der Waals surface area contributed by atoms with Crippen molar-refractivity contribution in [3.05, 3.63) is 69.1 Å². The molecule has 2 aromatic rings. The molecule has 1 N–H and O–H groups in total. The van der Waals surface area contributed by atoms with Crippen LogP contribution in [-0.4, -0.2) is 11.7 Å². The van der Waals surface area contributed by atoms with Gasteiger partial charge in [0.15, 0.2) is 5.78 Å². The lowest BCUT2D eigenvalue weighted by atomic mass is 9.74. The van der Waals surface area contributed by atoms with E-state index in [9.17, 15) is 9.59 Å². The summed E-state index contributed by atoms with van der Waals surface area (Å²) in [6, 6.07) is 12.2. The fraction of sp³-hybridized carbons (Fsp3) is 0.300. The summed E-state index contributed by atoms with van der Waals surface area (Å²) < 4.78 is 0. The molecule has 1 aliphatic carbocycles. The molecule has 1 amide bonds. The van der Waals surface area contributed by atoms with E-state index in [2.05, 4.69) is 11.4 Å². The topological polar surface area (TPSA) is 46.2 Å². The third-order valence-electron chi connectivity index (χ3n) is 5.05. The number of aryl methyl sites for hydroxylation is 1. The van der Waals surface area contributed by atoms with E-state index in [1.807, 2.05) is 42.6 Å². The lowest BCUT2D eigenvalue weighted by molar-refractivity contribution is -0.122. The maximum atomic E-state index is 12.9. The molecule has 4 rings (SSSR count). The van der Waals surface area contributed by atoms with Crippen molar-refractivity contribution < 1.29 is 9.59 Å². The number of benzene rings is 1. The lowest BCUT2D eigenvalue weighted by Crippen LogP contribution is -2.38. The zero-order valence-corrected chi connectivity index (χ0v) is 14.4. The molecule has 0 unspecified atom stereocenters. The first-order valence-corrected chi connectivity index (χ1v) is 9.16. The van der Waals surface area contributed by atoms with Gasteiger partial charge in [0.2, 0.25) is 5.91 Å². The fourth-order valence-corrected chi connectivity index (χ4v) is 4.76. The van der Waals surface area contributed by atoms with Gasteiger partial charge in [0.05, 0.1) is 0 Å². The Morgan fingerprint density at radius 2 is 1.88 bits per heavy atom. The van der Waals surface area contributed by atoms with Crippen molar-refractivity contribution in [1.82, 2.24) is 5.32 Å². The van der Waals surface area contributed by atoms with Crippen LogP contribution in [0.4, 0.5) is 0 Å². The number of thiophene rings is 1. The molecule has 0 fully saturated rings. The smallest absolute Gasteiger partial charge is 0.225 e. The van der Waals surface area contributed by atoms with E-state index in [1.54, 1.807) is 11.3 Å². The summed E-state index contributed by atoms with van der Waals surface area (Å²) >= 11 is 1.68. The Balaban J connectivity index is 1.76. The van der Waals surface area contributed by atoms with Crippen LogP contribution >= 0.6 is 11.3 Å². The monoisotopic (exact) mass is 337 g/mol. The van der Waals surface area contributed by atoms with Gasteiger partial charge < -0.3 is 5.32 Å². The molecule has 0 saturated carbocycles. The Bertz CT molecular complexity index is 835. The van der Waals surface area contributed by atoms with E-state index in [0.29, 0.717) is 12.8 Å². The fourth-order valence-electron chi connectivity index (χ4n) is 3.93. The Hall–Kier alpha value is -2.20. The Labute approximate surface area is 145 Å². The molecule has 1 aliphatic heterocycles. The second kappa shape index (κ2) is 6.02. The number of amides is 1. The molecule has 2 aliphatic rings. The Kier molecular flexibility index (Phi) is 3.85. The molecular formula is C20H19NO2S. The molecule has 0 bridgehead atoms. The lowest BCUT2D eigenvalue weighted by Gasteiger charge is -2.34. The number of ketones is 1. The predicted octanol–water partition coefficient (Wildman–Crippen LogP) is 4.06. The minimum absolute atomic E-state index is 0.0154. The van der Waals surface area contributed by atoms with Crippen molar-refractivity contribution >= 4 is 23.0 Å². The second-order valence-corrected chi connectivity index (χ2v) is 7.58. The maximum Gasteiger partial charge on any atom is 0.225 e. The molecule has 0 saturated heterocycles. The van der Waals surface area contributed by atoms with E-state index in [4.69, 9.17) is 0 Å². The Morgan fingerprint density at radius 3 is 2.62 bits per heavy atom. The van der Waals surface area contributed by atoms with Gasteiger partial charge in [0.1, 0.15) is 0 Å². The van der Waals surface area contributed by atoms with Gasteiger partial charge in [0, 0.05) is 40.8 Å². The maximum absolute atomic E-state index is 12.9. The highest BCUT2D eigenvalue weighted by molar-refractivity contribution is 7.10. The standard InChI is InChI=1S/C20H19NO2S/c1-12-5-2-3-6-14(12)15-11-19(23)21-16-9-13(10-17(22)20(15)16)18-7-4-8-24-18/h2-8,13,15H,9-11H2,1H3,(H,21,23)/t13-,15+/m1/s1. The van der Waals surface area contributed by atoms with Gasteiger partial charge in [-0.3, -0.25) is 9.59 Å². The molecule has 4 heteroatoms. The zero-order valence-electron chi connectivity index (χ0n) is 13.5. The molecule has 2 atom stereocenters. The summed E-state index contributed by atoms with van der Waals surface area (Å²) in [6.45, 7) is 2.05. The van der Waals surface area contributed by atoms with E-state index in [-0.39, 0.29) is 23.5 Å². The first-order chi connectivity index (χ1) is 11.6. The summed E-state index contributed by atoms with van der Waals surface area (Å²) in [7, 11) is 0. The highest BCUT2D eigenvalue weighted by Gasteiger charge is 2.38. The van der Waals surface area contributed by atoms with E-state index in [0.717, 1.165) is 28.8 Å². The van der Waals surface area contributed by atoms with Crippen LogP contribution in [0, 0.1) is 6.92 Å². The summed E-state index contributed by atoms with van der Waals surface area (Å²) in [5, 5.41) is 5.03. The number of Topliss-reactive ketones (excluding diaryl/α,β-unsaturated/α-hetero) is 1. The van der Waals surface area contributed by atoms with E-state index < -0.39 is 0 Å². The SMILES string of the molecule is Cc1ccccc1[C@@H]1CC(=O)NC2=C1C(=O)C[C@H](c1cccs1)C2. The van der Waals surface area contributed by atoms with Gasteiger partial charge in [-0.05, 0) is 35.9 Å². The summed E-state index contributed by atoms with van der Waals surface area (Å²) in [5.41, 5.74) is 3.91. The number of hydrogen-bond donors (Lipinski definition) is 1. The van der Waals surface area contributed by atoms with Crippen molar-refractivity contribution in [2.24, 2.45) is 0 Å². The van der Waals surface area contributed by atoms with E-state index >= 15 is 0 Å². The van der Waals surface area contributed by atoms with Crippen LogP contribution in [-0.2, 0) is 9.59 Å². The molecule has 0 radical (unpaired) electrons. The Morgan fingerprint density at radius 1 is 1.04 bits per heavy atom. The van der Waals surface area contributed by atoms with Crippen LogP contribution in [0.2, 0.25) is 0 Å². The number of nitrogens with one attached hydrogen (secondary N) is 1. The van der Waals surface area contributed by atoms with Crippen LogP contribution in [0.25, 0.3) is 0 Å². The average molecular weight is 337 g/mol. The van der Waals surface area contributed by atoms with Crippen molar-refractivity contribution in [3.63, 3.8) is 0 Å². The highest BCUT2D eigenvalue weighted by atomic mass is 32.1. The van der Waals surface area contributed by atoms with Crippen LogP contribution in [0.3, 0.4) is 0 Å². The average Bonchev–Trinajstić information content (AvgIpc) is 3.08. The van der Waals surface area contributed by atoms with Gasteiger partial charge >= 0.3 is 0 Å². The molecule has 1 aromatic carbocycles. The first-order valence-electron chi connectivity index (χ1n) is 8.28. The van der Waals surface area contributed by atoms with Crippen molar-refractivity contribution in [2.75, 3.05) is 0 Å². The third kappa shape index (κ3) is 2.61. The molecule has 24 heavy (non-hydrogen) atoms. The summed E-state index contributed by atoms with van der Waals surface area (Å²) in [4.78, 5) is 26.4. The molecule has 0 spiro atoms. The van der Waals surface area contributed by atoms with Gasteiger partial charge in [-0.15, -0.1) is 11.3 Å². The van der Waals surface area contributed by atoms with Gasteiger partial charge in [-0.25, -0.2) is 0 Å². The van der Waals surface area contributed by atoms with Gasteiger partial charge in [0.25, 0.3) is 0 Å². The predicted molar refractivity (Wildman–Crippen MR) is 95.0 cm³/mol. The summed E-state index contributed by atoms with van der Waals surface area (Å²) in [5.74, 6) is 0.281.